The summed E-state index contributed by atoms with van der Waals surface area (Å²) in [5.74, 6) is 1.92. The molecule has 1 aromatic carbocycles. The minimum absolute atomic E-state index is 0.706. The van der Waals surface area contributed by atoms with Gasteiger partial charge in [0.05, 0.1) is 13.7 Å². The molecular weight excluding hydrogens is 226 g/mol. The summed E-state index contributed by atoms with van der Waals surface area (Å²) in [6, 6.07) is 6.76. The van der Waals surface area contributed by atoms with Gasteiger partial charge in [0.15, 0.2) is 0 Å². The standard InChI is InChI=1S/C15H19NO2/c1-3-12-13-7-6-11(17-2)8-14(13)18-15(12)9-16-10-4-5-10/h6-8,10,16H,3-5,9H2,1-2H3. The van der Waals surface area contributed by atoms with Crippen LogP contribution in [0.5, 0.6) is 5.75 Å². The smallest absolute Gasteiger partial charge is 0.138 e. The van der Waals surface area contributed by atoms with Crippen LogP contribution in [0.25, 0.3) is 11.0 Å². The summed E-state index contributed by atoms with van der Waals surface area (Å²) in [6.07, 6.45) is 3.60. The lowest BCUT2D eigenvalue weighted by atomic mass is 10.1. The van der Waals surface area contributed by atoms with Gasteiger partial charge in [-0.25, -0.2) is 0 Å². The van der Waals surface area contributed by atoms with Crippen LogP contribution in [0, 0.1) is 0 Å². The van der Waals surface area contributed by atoms with Crippen LogP contribution in [-0.4, -0.2) is 13.2 Å². The first-order chi connectivity index (χ1) is 8.81. The van der Waals surface area contributed by atoms with E-state index in [1.165, 1.54) is 23.8 Å². The zero-order valence-corrected chi connectivity index (χ0v) is 11.0. The number of furan rings is 1. The summed E-state index contributed by atoms with van der Waals surface area (Å²) in [4.78, 5) is 0. The summed E-state index contributed by atoms with van der Waals surface area (Å²) in [7, 11) is 1.68. The fourth-order valence-corrected chi connectivity index (χ4v) is 2.36. The van der Waals surface area contributed by atoms with Gasteiger partial charge < -0.3 is 14.5 Å². The summed E-state index contributed by atoms with van der Waals surface area (Å²) < 4.78 is 11.2. The highest BCUT2D eigenvalue weighted by molar-refractivity contribution is 5.83. The van der Waals surface area contributed by atoms with Gasteiger partial charge in [-0.3, -0.25) is 0 Å². The normalized spacial score (nSPS) is 15.2. The molecule has 3 rings (SSSR count). The average molecular weight is 245 g/mol. The van der Waals surface area contributed by atoms with Gasteiger partial charge in [0.1, 0.15) is 17.1 Å². The Balaban J connectivity index is 1.95. The number of aryl methyl sites for hydroxylation is 1. The Bertz CT molecular complexity index is 555. The number of methoxy groups -OCH3 is 1. The first-order valence-electron chi connectivity index (χ1n) is 6.63. The van der Waals surface area contributed by atoms with Crippen molar-refractivity contribution in [2.75, 3.05) is 7.11 Å². The van der Waals surface area contributed by atoms with Crippen molar-refractivity contribution in [2.24, 2.45) is 0 Å². The number of hydrogen-bond donors (Lipinski definition) is 1. The van der Waals surface area contributed by atoms with Gasteiger partial charge in [-0.05, 0) is 31.4 Å². The Kier molecular flexibility index (Phi) is 3.00. The molecule has 96 valence electrons. The van der Waals surface area contributed by atoms with E-state index in [1.807, 2.05) is 12.1 Å². The highest BCUT2D eigenvalue weighted by Gasteiger charge is 2.22. The predicted molar refractivity (Wildman–Crippen MR) is 72.0 cm³/mol. The highest BCUT2D eigenvalue weighted by Crippen LogP contribution is 2.30. The lowest BCUT2D eigenvalue weighted by molar-refractivity contribution is 0.414. The lowest BCUT2D eigenvalue weighted by Crippen LogP contribution is -2.15. The first-order valence-corrected chi connectivity index (χ1v) is 6.63. The molecule has 1 heterocycles. The molecule has 0 unspecified atom stereocenters. The molecule has 0 radical (unpaired) electrons. The van der Waals surface area contributed by atoms with Crippen LogP contribution in [0.1, 0.15) is 31.1 Å². The Morgan fingerprint density at radius 2 is 2.22 bits per heavy atom. The molecule has 0 spiro atoms. The summed E-state index contributed by atoms with van der Waals surface area (Å²) >= 11 is 0. The van der Waals surface area contributed by atoms with Crippen molar-refractivity contribution < 1.29 is 9.15 Å². The largest absolute Gasteiger partial charge is 0.497 e. The van der Waals surface area contributed by atoms with Gasteiger partial charge in [-0.2, -0.15) is 0 Å². The van der Waals surface area contributed by atoms with Gasteiger partial charge in [-0.15, -0.1) is 0 Å². The third-order valence-corrected chi connectivity index (χ3v) is 3.57. The molecule has 1 aliphatic rings. The maximum Gasteiger partial charge on any atom is 0.138 e. The molecule has 0 amide bonds. The zero-order valence-electron chi connectivity index (χ0n) is 11.0. The van der Waals surface area contributed by atoms with Crippen LogP contribution >= 0.6 is 0 Å². The molecule has 1 aromatic heterocycles. The van der Waals surface area contributed by atoms with E-state index in [0.29, 0.717) is 6.04 Å². The number of fused-ring (bicyclic) bond motifs is 1. The van der Waals surface area contributed by atoms with E-state index in [4.69, 9.17) is 9.15 Å². The number of hydrogen-bond acceptors (Lipinski definition) is 3. The fraction of sp³-hybridized carbons (Fsp3) is 0.467. The van der Waals surface area contributed by atoms with Crippen molar-refractivity contribution in [1.82, 2.24) is 5.32 Å². The minimum Gasteiger partial charge on any atom is -0.497 e. The molecular formula is C15H19NO2. The molecule has 3 heteroatoms. The molecule has 1 saturated carbocycles. The maximum atomic E-state index is 5.97. The minimum atomic E-state index is 0.706. The molecule has 1 aliphatic carbocycles. The Hall–Kier alpha value is -1.48. The zero-order chi connectivity index (χ0) is 12.5. The van der Waals surface area contributed by atoms with Crippen molar-refractivity contribution >= 4 is 11.0 Å². The lowest BCUT2D eigenvalue weighted by Gasteiger charge is -2.01. The van der Waals surface area contributed by atoms with E-state index in [0.717, 1.165) is 30.1 Å². The number of nitrogens with one attached hydrogen (secondary N) is 1. The van der Waals surface area contributed by atoms with Gasteiger partial charge in [0.2, 0.25) is 0 Å². The van der Waals surface area contributed by atoms with Crippen LogP contribution in [0.15, 0.2) is 22.6 Å². The van der Waals surface area contributed by atoms with Crippen LogP contribution in [0.3, 0.4) is 0 Å². The fourth-order valence-electron chi connectivity index (χ4n) is 2.36. The Morgan fingerprint density at radius 3 is 2.89 bits per heavy atom. The Morgan fingerprint density at radius 1 is 1.39 bits per heavy atom. The summed E-state index contributed by atoms with van der Waals surface area (Å²) in [6.45, 7) is 3.01. The number of benzene rings is 1. The first kappa shape index (κ1) is 11.6. The molecule has 0 aliphatic heterocycles. The molecule has 0 bridgehead atoms. The molecule has 3 nitrogen and oxygen atoms in total. The summed E-state index contributed by atoms with van der Waals surface area (Å²) in [5.41, 5.74) is 2.25. The number of ether oxygens (including phenoxy) is 1. The van der Waals surface area contributed by atoms with Crippen LogP contribution in [0.4, 0.5) is 0 Å². The van der Waals surface area contributed by atoms with Crippen LogP contribution in [-0.2, 0) is 13.0 Å². The van der Waals surface area contributed by atoms with E-state index >= 15 is 0 Å². The third-order valence-electron chi connectivity index (χ3n) is 3.57. The SMILES string of the molecule is CCc1c(CNC2CC2)oc2cc(OC)ccc12. The van der Waals surface area contributed by atoms with Crippen molar-refractivity contribution in [3.63, 3.8) is 0 Å². The Labute approximate surface area is 107 Å². The second-order valence-corrected chi connectivity index (χ2v) is 4.87. The van der Waals surface area contributed by atoms with Crippen molar-refractivity contribution in [2.45, 2.75) is 38.8 Å². The van der Waals surface area contributed by atoms with E-state index in [1.54, 1.807) is 7.11 Å². The van der Waals surface area contributed by atoms with Crippen LogP contribution < -0.4 is 10.1 Å². The van der Waals surface area contributed by atoms with Crippen LogP contribution in [0.2, 0.25) is 0 Å². The quantitative estimate of drug-likeness (QED) is 0.878. The molecule has 0 atom stereocenters. The van der Waals surface area contributed by atoms with Crippen molar-refractivity contribution in [1.29, 1.82) is 0 Å². The molecule has 18 heavy (non-hydrogen) atoms. The van der Waals surface area contributed by atoms with Crippen molar-refractivity contribution in [3.05, 3.63) is 29.5 Å². The molecule has 1 fully saturated rings. The van der Waals surface area contributed by atoms with E-state index < -0.39 is 0 Å². The highest BCUT2D eigenvalue weighted by atomic mass is 16.5. The predicted octanol–water partition coefficient (Wildman–Crippen LogP) is 3.26. The molecule has 0 saturated heterocycles. The van der Waals surface area contributed by atoms with Gasteiger partial charge in [0.25, 0.3) is 0 Å². The van der Waals surface area contributed by atoms with E-state index in [2.05, 4.69) is 18.3 Å². The maximum absolute atomic E-state index is 5.97. The third kappa shape index (κ3) is 2.10. The van der Waals surface area contributed by atoms with Gasteiger partial charge in [-0.1, -0.05) is 6.92 Å². The monoisotopic (exact) mass is 245 g/mol. The second kappa shape index (κ2) is 4.65. The van der Waals surface area contributed by atoms with Crippen molar-refractivity contribution in [3.8, 4) is 5.75 Å². The topological polar surface area (TPSA) is 34.4 Å². The molecule has 2 aromatic rings. The number of rotatable bonds is 5. The van der Waals surface area contributed by atoms with Gasteiger partial charge in [0, 0.05) is 23.1 Å². The van der Waals surface area contributed by atoms with Gasteiger partial charge >= 0.3 is 0 Å². The second-order valence-electron chi connectivity index (χ2n) is 4.87. The molecule has 1 N–H and O–H groups in total. The summed E-state index contributed by atoms with van der Waals surface area (Å²) in [5, 5.41) is 4.73. The van der Waals surface area contributed by atoms with E-state index in [9.17, 15) is 0 Å². The average Bonchev–Trinajstić information content (AvgIpc) is 3.16. The van der Waals surface area contributed by atoms with E-state index in [-0.39, 0.29) is 0 Å².